The Morgan fingerprint density at radius 1 is 1.44 bits per heavy atom. The molecule has 1 aromatic rings. The predicted octanol–water partition coefficient (Wildman–Crippen LogP) is 3.01. The molecule has 1 aromatic carbocycles. The summed E-state index contributed by atoms with van der Waals surface area (Å²) in [6, 6.07) is 8.47. The molecule has 0 bridgehead atoms. The highest BCUT2D eigenvalue weighted by atomic mass is 16.5. The Bertz CT molecular complexity index is 407. The second-order valence-electron chi connectivity index (χ2n) is 5.17. The van der Waals surface area contributed by atoms with Crippen molar-refractivity contribution in [2.45, 2.75) is 38.5 Å². The number of carbonyl (C=O) groups is 1. The molecule has 0 saturated heterocycles. The minimum atomic E-state index is -0.192. The Morgan fingerprint density at radius 2 is 2.12 bits per heavy atom. The van der Waals surface area contributed by atoms with Crippen LogP contribution in [0.2, 0.25) is 0 Å². The molecule has 2 heteroatoms. The van der Waals surface area contributed by atoms with Gasteiger partial charge in [0.05, 0.1) is 6.61 Å². The molecule has 16 heavy (non-hydrogen) atoms. The van der Waals surface area contributed by atoms with Crippen LogP contribution in [0.15, 0.2) is 24.3 Å². The van der Waals surface area contributed by atoms with Crippen molar-refractivity contribution in [3.63, 3.8) is 0 Å². The van der Waals surface area contributed by atoms with Crippen LogP contribution in [0.4, 0.5) is 0 Å². The Kier molecular flexibility index (Phi) is 2.75. The fourth-order valence-electron chi connectivity index (χ4n) is 2.67. The topological polar surface area (TPSA) is 26.3 Å². The maximum atomic E-state index is 10.9. The third kappa shape index (κ3) is 1.97. The normalized spacial score (nSPS) is 21.6. The molecule has 0 fully saturated rings. The summed E-state index contributed by atoms with van der Waals surface area (Å²) in [5.41, 5.74) is 2.93. The Hall–Kier alpha value is -1.31. The van der Waals surface area contributed by atoms with Crippen molar-refractivity contribution in [3.8, 4) is 0 Å². The summed E-state index contributed by atoms with van der Waals surface area (Å²) < 4.78 is 5.14. The van der Waals surface area contributed by atoms with E-state index in [0.29, 0.717) is 12.5 Å². The molecule has 1 atom stereocenters. The zero-order valence-corrected chi connectivity index (χ0v) is 10.1. The number of benzene rings is 1. The van der Waals surface area contributed by atoms with Crippen molar-refractivity contribution in [2.75, 3.05) is 6.61 Å². The van der Waals surface area contributed by atoms with E-state index in [2.05, 4.69) is 38.1 Å². The second kappa shape index (κ2) is 3.93. The van der Waals surface area contributed by atoms with Gasteiger partial charge in [-0.15, -0.1) is 0 Å². The van der Waals surface area contributed by atoms with E-state index in [0.717, 1.165) is 6.42 Å². The Labute approximate surface area is 96.6 Å². The van der Waals surface area contributed by atoms with E-state index in [-0.39, 0.29) is 11.4 Å². The summed E-state index contributed by atoms with van der Waals surface area (Å²) in [4.78, 5) is 10.9. The summed E-state index contributed by atoms with van der Waals surface area (Å²) in [5.74, 6) is 0.164. The highest BCUT2D eigenvalue weighted by Gasteiger charge is 2.36. The summed E-state index contributed by atoms with van der Waals surface area (Å²) in [5, 5.41) is 0. The van der Waals surface area contributed by atoms with E-state index >= 15 is 0 Å². The van der Waals surface area contributed by atoms with Gasteiger partial charge in [0, 0.05) is 12.8 Å². The molecule has 0 aliphatic heterocycles. The Balaban J connectivity index is 2.23. The molecule has 0 amide bonds. The van der Waals surface area contributed by atoms with Crippen LogP contribution in [0.3, 0.4) is 0 Å². The lowest BCUT2D eigenvalue weighted by Crippen LogP contribution is -2.14. The smallest absolute Gasteiger partial charge is 0.302 e. The molecular weight excluding hydrogens is 200 g/mol. The summed E-state index contributed by atoms with van der Waals surface area (Å²) in [6.45, 7) is 6.47. The van der Waals surface area contributed by atoms with Gasteiger partial charge in [-0.1, -0.05) is 38.1 Å². The van der Waals surface area contributed by atoms with Gasteiger partial charge in [0.15, 0.2) is 0 Å². The first-order valence-corrected chi connectivity index (χ1v) is 5.73. The quantitative estimate of drug-likeness (QED) is 0.713. The molecule has 1 aliphatic carbocycles. The number of hydrogen-bond donors (Lipinski definition) is 0. The van der Waals surface area contributed by atoms with Gasteiger partial charge < -0.3 is 4.74 Å². The zero-order chi connectivity index (χ0) is 11.8. The van der Waals surface area contributed by atoms with E-state index in [4.69, 9.17) is 4.74 Å². The molecular formula is C14H18O2. The molecule has 2 nitrogen and oxygen atoms in total. The summed E-state index contributed by atoms with van der Waals surface area (Å²) in [6.07, 6.45) is 1.06. The number of rotatable bonds is 2. The standard InChI is InChI=1S/C14H18O2/c1-10(15)16-9-11-8-14(2,3)13-7-5-4-6-12(11)13/h4-7,11H,8-9H2,1-3H3. The minimum Gasteiger partial charge on any atom is -0.465 e. The predicted molar refractivity (Wildman–Crippen MR) is 63.5 cm³/mol. The molecule has 0 N–H and O–H groups in total. The van der Waals surface area contributed by atoms with Gasteiger partial charge in [-0.05, 0) is 23.0 Å². The van der Waals surface area contributed by atoms with Crippen LogP contribution in [0.5, 0.6) is 0 Å². The van der Waals surface area contributed by atoms with Crippen LogP contribution in [-0.4, -0.2) is 12.6 Å². The summed E-state index contributed by atoms with van der Waals surface area (Å²) in [7, 11) is 0. The molecule has 1 unspecified atom stereocenters. The number of hydrogen-bond acceptors (Lipinski definition) is 2. The zero-order valence-electron chi connectivity index (χ0n) is 10.1. The molecule has 0 heterocycles. The van der Waals surface area contributed by atoms with Crippen molar-refractivity contribution in [2.24, 2.45) is 0 Å². The van der Waals surface area contributed by atoms with Crippen LogP contribution in [0, 0.1) is 0 Å². The van der Waals surface area contributed by atoms with Crippen LogP contribution in [0.1, 0.15) is 44.2 Å². The largest absolute Gasteiger partial charge is 0.465 e. The lowest BCUT2D eigenvalue weighted by atomic mass is 9.86. The van der Waals surface area contributed by atoms with Crippen molar-refractivity contribution < 1.29 is 9.53 Å². The van der Waals surface area contributed by atoms with E-state index in [9.17, 15) is 4.79 Å². The van der Waals surface area contributed by atoms with E-state index < -0.39 is 0 Å². The van der Waals surface area contributed by atoms with Crippen molar-refractivity contribution in [1.82, 2.24) is 0 Å². The number of carbonyl (C=O) groups excluding carboxylic acids is 1. The number of esters is 1. The van der Waals surface area contributed by atoms with Crippen LogP contribution < -0.4 is 0 Å². The molecule has 0 saturated carbocycles. The van der Waals surface area contributed by atoms with Gasteiger partial charge in [0.2, 0.25) is 0 Å². The molecule has 86 valence electrons. The van der Waals surface area contributed by atoms with Gasteiger partial charge in [-0.25, -0.2) is 0 Å². The van der Waals surface area contributed by atoms with Gasteiger partial charge in [0.1, 0.15) is 0 Å². The first kappa shape index (κ1) is 11.2. The lowest BCUT2D eigenvalue weighted by Gasteiger charge is -2.19. The highest BCUT2D eigenvalue weighted by molar-refractivity contribution is 5.66. The molecule has 2 rings (SSSR count). The van der Waals surface area contributed by atoms with E-state index in [1.165, 1.54) is 18.1 Å². The third-order valence-corrected chi connectivity index (χ3v) is 3.37. The molecule has 0 radical (unpaired) electrons. The fraction of sp³-hybridized carbons (Fsp3) is 0.500. The first-order chi connectivity index (χ1) is 7.50. The Morgan fingerprint density at radius 3 is 2.81 bits per heavy atom. The van der Waals surface area contributed by atoms with Crippen molar-refractivity contribution in [1.29, 1.82) is 0 Å². The van der Waals surface area contributed by atoms with E-state index in [1.807, 2.05) is 0 Å². The van der Waals surface area contributed by atoms with Gasteiger partial charge in [-0.2, -0.15) is 0 Å². The highest BCUT2D eigenvalue weighted by Crippen LogP contribution is 2.45. The maximum absolute atomic E-state index is 10.9. The average molecular weight is 218 g/mol. The van der Waals surface area contributed by atoms with Crippen LogP contribution in [0.25, 0.3) is 0 Å². The third-order valence-electron chi connectivity index (χ3n) is 3.37. The van der Waals surface area contributed by atoms with Gasteiger partial charge >= 0.3 is 5.97 Å². The summed E-state index contributed by atoms with van der Waals surface area (Å²) >= 11 is 0. The molecule has 1 aliphatic rings. The van der Waals surface area contributed by atoms with Gasteiger partial charge in [-0.3, -0.25) is 4.79 Å². The van der Waals surface area contributed by atoms with E-state index in [1.54, 1.807) is 0 Å². The number of fused-ring (bicyclic) bond motifs is 1. The fourth-order valence-corrected chi connectivity index (χ4v) is 2.67. The van der Waals surface area contributed by atoms with Crippen LogP contribution in [-0.2, 0) is 14.9 Å². The average Bonchev–Trinajstić information content (AvgIpc) is 2.49. The SMILES string of the molecule is CC(=O)OCC1CC(C)(C)c2ccccc21. The van der Waals surface area contributed by atoms with Crippen molar-refractivity contribution in [3.05, 3.63) is 35.4 Å². The van der Waals surface area contributed by atoms with Gasteiger partial charge in [0.25, 0.3) is 0 Å². The molecule has 0 aromatic heterocycles. The minimum absolute atomic E-state index is 0.192. The van der Waals surface area contributed by atoms with Crippen molar-refractivity contribution >= 4 is 5.97 Å². The lowest BCUT2D eigenvalue weighted by molar-refractivity contribution is -0.141. The first-order valence-electron chi connectivity index (χ1n) is 5.73. The second-order valence-corrected chi connectivity index (χ2v) is 5.17. The monoisotopic (exact) mass is 218 g/mol. The van der Waals surface area contributed by atoms with Crippen LogP contribution >= 0.6 is 0 Å². The maximum Gasteiger partial charge on any atom is 0.302 e. The molecule has 0 spiro atoms. The number of ether oxygens (including phenoxy) is 1.